The quantitative estimate of drug-likeness (QED) is 0.838. The molecular formula is C16H28N2O3. The monoisotopic (exact) mass is 296 g/mol. The minimum Gasteiger partial charge on any atom is -0.481 e. The number of rotatable bonds is 4. The largest absolute Gasteiger partial charge is 0.481 e. The summed E-state index contributed by atoms with van der Waals surface area (Å²) in [5, 5.41) is 12.0. The molecule has 1 saturated heterocycles. The molecule has 0 spiro atoms. The first-order chi connectivity index (χ1) is 10.1. The highest BCUT2D eigenvalue weighted by atomic mass is 16.4. The molecule has 3 unspecified atom stereocenters. The zero-order valence-electron chi connectivity index (χ0n) is 13.0. The number of nitrogens with one attached hydrogen (secondary N) is 1. The van der Waals surface area contributed by atoms with E-state index in [1.807, 2.05) is 4.90 Å². The Hall–Kier alpha value is -1.26. The normalized spacial score (nSPS) is 30.0. The standard InChI is InChI=1S/C16H28N2O3/c1-12-5-4-6-13(11-12)17-16(21)18-10-3-2-7-14(18)8-9-15(19)20/h12-14H,2-11H2,1H3,(H,17,21)(H,19,20). The van der Waals surface area contributed by atoms with Gasteiger partial charge in [-0.1, -0.05) is 19.8 Å². The number of carbonyl (C=O) groups is 2. The van der Waals surface area contributed by atoms with Gasteiger partial charge in [-0.25, -0.2) is 4.79 Å². The lowest BCUT2D eigenvalue weighted by molar-refractivity contribution is -0.137. The van der Waals surface area contributed by atoms with Gasteiger partial charge in [0.1, 0.15) is 0 Å². The predicted molar refractivity (Wildman–Crippen MR) is 81.2 cm³/mol. The van der Waals surface area contributed by atoms with E-state index in [1.165, 1.54) is 12.8 Å². The Kier molecular flexibility index (Phi) is 5.88. The molecule has 0 aromatic heterocycles. The fraction of sp³-hybridized carbons (Fsp3) is 0.875. The van der Waals surface area contributed by atoms with Crippen molar-refractivity contribution in [2.75, 3.05) is 6.54 Å². The van der Waals surface area contributed by atoms with Crippen molar-refractivity contribution in [3.8, 4) is 0 Å². The van der Waals surface area contributed by atoms with E-state index in [1.54, 1.807) is 0 Å². The number of urea groups is 1. The maximum atomic E-state index is 12.5. The fourth-order valence-electron chi connectivity index (χ4n) is 3.68. The highest BCUT2D eigenvalue weighted by Gasteiger charge is 2.29. The van der Waals surface area contributed by atoms with Crippen molar-refractivity contribution in [1.29, 1.82) is 0 Å². The van der Waals surface area contributed by atoms with Gasteiger partial charge >= 0.3 is 12.0 Å². The van der Waals surface area contributed by atoms with Gasteiger partial charge in [0.25, 0.3) is 0 Å². The molecule has 0 radical (unpaired) electrons. The van der Waals surface area contributed by atoms with Gasteiger partial charge < -0.3 is 15.3 Å². The number of aliphatic carboxylic acids is 1. The van der Waals surface area contributed by atoms with Crippen LogP contribution in [0.4, 0.5) is 4.79 Å². The Morgan fingerprint density at radius 3 is 2.71 bits per heavy atom. The smallest absolute Gasteiger partial charge is 0.317 e. The van der Waals surface area contributed by atoms with E-state index in [0.717, 1.165) is 38.6 Å². The van der Waals surface area contributed by atoms with Crippen molar-refractivity contribution in [3.05, 3.63) is 0 Å². The molecule has 2 aliphatic rings. The predicted octanol–water partition coefficient (Wildman–Crippen LogP) is 2.99. The van der Waals surface area contributed by atoms with Gasteiger partial charge in [-0.05, 0) is 44.4 Å². The number of carboxylic acids is 1. The SMILES string of the molecule is CC1CCCC(NC(=O)N2CCCCC2CCC(=O)O)C1. The molecule has 2 fully saturated rings. The van der Waals surface area contributed by atoms with Crippen LogP contribution in [0.1, 0.15) is 64.7 Å². The minimum absolute atomic E-state index is 0.0178. The van der Waals surface area contributed by atoms with E-state index in [0.29, 0.717) is 18.4 Å². The maximum absolute atomic E-state index is 12.5. The van der Waals surface area contributed by atoms with E-state index in [2.05, 4.69) is 12.2 Å². The van der Waals surface area contributed by atoms with Crippen LogP contribution in [0.2, 0.25) is 0 Å². The lowest BCUT2D eigenvalue weighted by Crippen LogP contribution is -2.52. The first-order valence-corrected chi connectivity index (χ1v) is 8.35. The number of nitrogens with zero attached hydrogens (tertiary/aromatic N) is 1. The summed E-state index contributed by atoms with van der Waals surface area (Å²) in [4.78, 5) is 25.1. The molecule has 0 bridgehead atoms. The van der Waals surface area contributed by atoms with Crippen molar-refractivity contribution in [2.24, 2.45) is 5.92 Å². The van der Waals surface area contributed by atoms with Gasteiger partial charge in [0, 0.05) is 25.0 Å². The van der Waals surface area contributed by atoms with Crippen LogP contribution in [-0.4, -0.2) is 40.6 Å². The zero-order chi connectivity index (χ0) is 15.2. The Bertz CT molecular complexity index is 373. The Morgan fingerprint density at radius 2 is 2.00 bits per heavy atom. The van der Waals surface area contributed by atoms with Gasteiger partial charge in [0.15, 0.2) is 0 Å². The summed E-state index contributed by atoms with van der Waals surface area (Å²) in [6.45, 7) is 3.01. The van der Waals surface area contributed by atoms with Gasteiger partial charge in [0.05, 0.1) is 0 Å². The number of amides is 2. The highest BCUT2D eigenvalue weighted by molar-refractivity contribution is 5.75. The Labute approximate surface area is 127 Å². The van der Waals surface area contributed by atoms with Crippen LogP contribution in [0.3, 0.4) is 0 Å². The summed E-state index contributed by atoms with van der Waals surface area (Å²) in [5.41, 5.74) is 0. The number of hydrogen-bond acceptors (Lipinski definition) is 2. The van der Waals surface area contributed by atoms with Crippen LogP contribution >= 0.6 is 0 Å². The molecule has 5 heteroatoms. The number of carbonyl (C=O) groups excluding carboxylic acids is 1. The highest BCUT2D eigenvalue weighted by Crippen LogP contribution is 2.25. The number of piperidine rings is 1. The summed E-state index contributed by atoms with van der Waals surface area (Å²) < 4.78 is 0. The third-order valence-electron chi connectivity index (χ3n) is 4.84. The van der Waals surface area contributed by atoms with Gasteiger partial charge in [-0.15, -0.1) is 0 Å². The van der Waals surface area contributed by atoms with E-state index in [9.17, 15) is 9.59 Å². The molecule has 1 saturated carbocycles. The lowest BCUT2D eigenvalue weighted by atomic mass is 9.87. The second-order valence-corrected chi connectivity index (χ2v) is 6.69. The van der Waals surface area contributed by atoms with E-state index < -0.39 is 5.97 Å². The van der Waals surface area contributed by atoms with Crippen molar-refractivity contribution in [2.45, 2.75) is 76.8 Å². The first kappa shape index (κ1) is 16.1. The number of carboxylic acid groups (broad SMARTS) is 1. The van der Waals surface area contributed by atoms with Gasteiger partial charge in [-0.3, -0.25) is 4.79 Å². The third kappa shape index (κ3) is 4.90. The summed E-state index contributed by atoms with van der Waals surface area (Å²) in [6, 6.07) is 0.406. The van der Waals surface area contributed by atoms with Crippen molar-refractivity contribution >= 4 is 12.0 Å². The topological polar surface area (TPSA) is 69.6 Å². The van der Waals surface area contributed by atoms with E-state index in [-0.39, 0.29) is 18.5 Å². The Balaban J connectivity index is 1.86. The van der Waals surface area contributed by atoms with Crippen LogP contribution < -0.4 is 5.32 Å². The molecule has 120 valence electrons. The van der Waals surface area contributed by atoms with Crippen molar-refractivity contribution in [3.63, 3.8) is 0 Å². The summed E-state index contributed by atoms with van der Waals surface area (Å²) in [5.74, 6) is -0.0877. The van der Waals surface area contributed by atoms with E-state index >= 15 is 0 Å². The first-order valence-electron chi connectivity index (χ1n) is 8.35. The zero-order valence-corrected chi connectivity index (χ0v) is 13.0. The molecular weight excluding hydrogens is 268 g/mol. The molecule has 21 heavy (non-hydrogen) atoms. The molecule has 0 aromatic rings. The maximum Gasteiger partial charge on any atom is 0.317 e. The van der Waals surface area contributed by atoms with Crippen molar-refractivity contribution < 1.29 is 14.7 Å². The van der Waals surface area contributed by atoms with Crippen LogP contribution in [0.5, 0.6) is 0 Å². The minimum atomic E-state index is -0.776. The molecule has 2 amide bonds. The van der Waals surface area contributed by atoms with Crippen LogP contribution in [0.25, 0.3) is 0 Å². The average molecular weight is 296 g/mol. The third-order valence-corrected chi connectivity index (χ3v) is 4.84. The summed E-state index contributed by atoms with van der Waals surface area (Å²) in [6.07, 6.45) is 8.36. The fourth-order valence-corrected chi connectivity index (χ4v) is 3.68. The molecule has 0 aromatic carbocycles. The summed E-state index contributed by atoms with van der Waals surface area (Å²) in [7, 11) is 0. The average Bonchev–Trinajstić information content (AvgIpc) is 2.45. The molecule has 2 N–H and O–H groups in total. The number of hydrogen-bond donors (Lipinski definition) is 2. The van der Waals surface area contributed by atoms with Gasteiger partial charge in [0.2, 0.25) is 0 Å². The molecule has 1 aliphatic carbocycles. The van der Waals surface area contributed by atoms with Gasteiger partial charge in [-0.2, -0.15) is 0 Å². The molecule has 1 heterocycles. The van der Waals surface area contributed by atoms with Crippen LogP contribution in [0, 0.1) is 5.92 Å². The van der Waals surface area contributed by atoms with E-state index in [4.69, 9.17) is 5.11 Å². The molecule has 3 atom stereocenters. The van der Waals surface area contributed by atoms with Crippen molar-refractivity contribution in [1.82, 2.24) is 10.2 Å². The summed E-state index contributed by atoms with van der Waals surface area (Å²) >= 11 is 0. The molecule has 2 rings (SSSR count). The second-order valence-electron chi connectivity index (χ2n) is 6.69. The van der Waals surface area contributed by atoms with Crippen LogP contribution in [0.15, 0.2) is 0 Å². The Morgan fingerprint density at radius 1 is 1.19 bits per heavy atom. The number of likely N-dealkylation sites (tertiary alicyclic amines) is 1. The second kappa shape index (κ2) is 7.66. The van der Waals surface area contributed by atoms with Crippen LogP contribution in [-0.2, 0) is 4.79 Å². The molecule has 1 aliphatic heterocycles. The lowest BCUT2D eigenvalue weighted by Gasteiger charge is -2.37. The molecule has 5 nitrogen and oxygen atoms in total.